The Hall–Kier alpha value is -2.05. The average Bonchev–Trinajstić information content (AvgIpc) is 2.45. The second-order valence-electron chi connectivity index (χ2n) is 5.28. The minimum absolute atomic E-state index is 0.0388. The molecule has 0 heterocycles. The van der Waals surface area contributed by atoms with Gasteiger partial charge in [-0.15, -0.1) is 0 Å². The van der Waals surface area contributed by atoms with Crippen LogP contribution in [0.5, 0.6) is 0 Å². The topological polar surface area (TPSA) is 66.4 Å². The van der Waals surface area contributed by atoms with E-state index >= 15 is 0 Å². The van der Waals surface area contributed by atoms with Crippen molar-refractivity contribution in [2.45, 2.75) is 44.7 Å². The summed E-state index contributed by atoms with van der Waals surface area (Å²) in [5.41, 5.74) is -0.208. The summed E-state index contributed by atoms with van der Waals surface area (Å²) in [7, 11) is 0. The molecular formula is C16H20F3NO3. The fraction of sp³-hybridized carbons (Fsp3) is 0.500. The maximum atomic E-state index is 12.4. The lowest BCUT2D eigenvalue weighted by Gasteiger charge is -2.08. The molecule has 128 valence electrons. The van der Waals surface area contributed by atoms with Gasteiger partial charge in [-0.1, -0.05) is 25.0 Å². The Balaban J connectivity index is 2.20. The fourth-order valence-electron chi connectivity index (χ4n) is 2.04. The van der Waals surface area contributed by atoms with Crippen LogP contribution in [-0.4, -0.2) is 23.5 Å². The van der Waals surface area contributed by atoms with Gasteiger partial charge in [-0.25, -0.2) is 0 Å². The van der Waals surface area contributed by atoms with Crippen molar-refractivity contribution in [2.75, 3.05) is 6.54 Å². The first-order valence-corrected chi connectivity index (χ1v) is 7.43. The van der Waals surface area contributed by atoms with E-state index in [-0.39, 0.29) is 18.7 Å². The number of carboxylic acids is 1. The Labute approximate surface area is 132 Å². The molecule has 0 aliphatic heterocycles. The van der Waals surface area contributed by atoms with E-state index in [2.05, 4.69) is 5.32 Å². The van der Waals surface area contributed by atoms with Gasteiger partial charge in [0, 0.05) is 13.0 Å². The number of hydrogen-bond donors (Lipinski definition) is 2. The normalized spacial score (nSPS) is 11.3. The molecule has 23 heavy (non-hydrogen) atoms. The molecule has 0 unspecified atom stereocenters. The highest BCUT2D eigenvalue weighted by atomic mass is 19.4. The van der Waals surface area contributed by atoms with E-state index in [1.807, 2.05) is 0 Å². The van der Waals surface area contributed by atoms with Gasteiger partial charge in [-0.3, -0.25) is 9.59 Å². The molecule has 0 radical (unpaired) electrons. The molecule has 0 saturated carbocycles. The van der Waals surface area contributed by atoms with Crippen LogP contribution in [0.3, 0.4) is 0 Å². The molecule has 2 N–H and O–H groups in total. The Bertz CT molecular complexity index is 512. The zero-order chi connectivity index (χ0) is 17.3. The Morgan fingerprint density at radius 1 is 1.00 bits per heavy atom. The zero-order valence-corrected chi connectivity index (χ0v) is 12.7. The molecule has 1 amide bonds. The fourth-order valence-corrected chi connectivity index (χ4v) is 2.04. The number of hydrogen-bond acceptors (Lipinski definition) is 2. The van der Waals surface area contributed by atoms with Crippen LogP contribution >= 0.6 is 0 Å². The summed E-state index contributed by atoms with van der Waals surface area (Å²) in [5.74, 6) is -1.05. The lowest BCUT2D eigenvalue weighted by atomic mass is 10.1. The minimum Gasteiger partial charge on any atom is -0.481 e. The number of carbonyl (C=O) groups is 2. The third-order valence-electron chi connectivity index (χ3n) is 3.29. The molecule has 1 aromatic carbocycles. The van der Waals surface area contributed by atoms with Crippen molar-refractivity contribution in [2.24, 2.45) is 0 Å². The first kappa shape index (κ1) is 19.0. The van der Waals surface area contributed by atoms with Gasteiger partial charge < -0.3 is 10.4 Å². The van der Waals surface area contributed by atoms with Crippen LogP contribution in [0.15, 0.2) is 24.3 Å². The average molecular weight is 331 g/mol. The summed E-state index contributed by atoms with van der Waals surface area (Å²) >= 11 is 0. The number of rotatable bonds is 9. The molecule has 0 aliphatic rings. The van der Waals surface area contributed by atoms with Crippen molar-refractivity contribution < 1.29 is 27.9 Å². The highest BCUT2D eigenvalue weighted by Crippen LogP contribution is 2.29. The Morgan fingerprint density at radius 3 is 2.17 bits per heavy atom. The Morgan fingerprint density at radius 2 is 1.61 bits per heavy atom. The van der Waals surface area contributed by atoms with Crippen molar-refractivity contribution in [3.63, 3.8) is 0 Å². The Kier molecular flexibility index (Phi) is 7.57. The molecule has 4 nitrogen and oxygen atoms in total. The van der Waals surface area contributed by atoms with Crippen LogP contribution in [0.2, 0.25) is 0 Å². The summed E-state index contributed by atoms with van der Waals surface area (Å²) in [5, 5.41) is 11.2. The van der Waals surface area contributed by atoms with Crippen molar-refractivity contribution in [1.29, 1.82) is 0 Å². The first-order valence-electron chi connectivity index (χ1n) is 7.43. The van der Waals surface area contributed by atoms with Crippen molar-refractivity contribution in [3.8, 4) is 0 Å². The van der Waals surface area contributed by atoms with E-state index in [0.717, 1.165) is 31.4 Å². The molecule has 0 spiro atoms. The quantitative estimate of drug-likeness (QED) is 0.682. The monoisotopic (exact) mass is 331 g/mol. The largest absolute Gasteiger partial charge is 0.481 e. The van der Waals surface area contributed by atoms with E-state index in [1.54, 1.807) is 0 Å². The van der Waals surface area contributed by atoms with E-state index in [0.29, 0.717) is 18.5 Å². The lowest BCUT2D eigenvalue weighted by molar-refractivity contribution is -0.138. The van der Waals surface area contributed by atoms with E-state index < -0.39 is 17.7 Å². The van der Waals surface area contributed by atoms with Crippen LogP contribution in [0.25, 0.3) is 0 Å². The predicted molar refractivity (Wildman–Crippen MR) is 78.9 cm³/mol. The van der Waals surface area contributed by atoms with Gasteiger partial charge in [0.05, 0.1) is 12.0 Å². The van der Waals surface area contributed by atoms with Crippen molar-refractivity contribution in [1.82, 2.24) is 5.32 Å². The lowest BCUT2D eigenvalue weighted by Crippen LogP contribution is -2.26. The zero-order valence-electron chi connectivity index (χ0n) is 12.7. The second-order valence-corrected chi connectivity index (χ2v) is 5.28. The van der Waals surface area contributed by atoms with Crippen LogP contribution in [0, 0.1) is 0 Å². The second kappa shape index (κ2) is 9.17. The van der Waals surface area contributed by atoms with Crippen LogP contribution in [0.1, 0.15) is 43.2 Å². The number of alkyl halides is 3. The number of benzene rings is 1. The van der Waals surface area contributed by atoms with Crippen molar-refractivity contribution in [3.05, 3.63) is 35.4 Å². The number of carboxylic acid groups (broad SMARTS) is 1. The molecule has 0 saturated heterocycles. The number of nitrogens with one attached hydrogen (secondary N) is 1. The number of halogens is 3. The van der Waals surface area contributed by atoms with Gasteiger partial charge in [0.25, 0.3) is 0 Å². The smallest absolute Gasteiger partial charge is 0.416 e. The standard InChI is InChI=1S/C16H20F3NO3/c17-16(18,19)13-8-6-12(7-9-13)11-14(21)20-10-4-2-1-3-5-15(22)23/h6-9H,1-5,10-11H2,(H,20,21)(H,22,23). The predicted octanol–water partition coefficient (Wildman–Crippen LogP) is 3.40. The molecule has 0 fully saturated rings. The summed E-state index contributed by atoms with van der Waals surface area (Å²) in [4.78, 5) is 22.0. The highest BCUT2D eigenvalue weighted by Gasteiger charge is 2.29. The van der Waals surface area contributed by atoms with Gasteiger partial charge in [-0.2, -0.15) is 13.2 Å². The first-order chi connectivity index (χ1) is 10.8. The third-order valence-corrected chi connectivity index (χ3v) is 3.29. The van der Waals surface area contributed by atoms with E-state index in [1.165, 1.54) is 12.1 Å². The SMILES string of the molecule is O=C(O)CCCCCCNC(=O)Cc1ccc(C(F)(F)F)cc1. The van der Waals surface area contributed by atoms with Gasteiger partial charge >= 0.3 is 12.1 Å². The van der Waals surface area contributed by atoms with Crippen molar-refractivity contribution >= 4 is 11.9 Å². The summed E-state index contributed by atoms with van der Waals surface area (Å²) in [6.45, 7) is 0.479. The number of unbranched alkanes of at least 4 members (excludes halogenated alkanes) is 3. The molecular weight excluding hydrogens is 311 g/mol. The minimum atomic E-state index is -4.37. The van der Waals surface area contributed by atoms with Crippen LogP contribution in [-0.2, 0) is 22.2 Å². The molecule has 1 rings (SSSR count). The molecule has 0 aromatic heterocycles. The molecule has 0 atom stereocenters. The van der Waals surface area contributed by atoms with Gasteiger partial charge in [0.2, 0.25) is 5.91 Å². The van der Waals surface area contributed by atoms with E-state index in [4.69, 9.17) is 5.11 Å². The van der Waals surface area contributed by atoms with Gasteiger partial charge in [0.15, 0.2) is 0 Å². The summed E-state index contributed by atoms with van der Waals surface area (Å²) in [6.07, 6.45) is -1.19. The van der Waals surface area contributed by atoms with Gasteiger partial charge in [0.1, 0.15) is 0 Å². The van der Waals surface area contributed by atoms with E-state index in [9.17, 15) is 22.8 Å². The maximum Gasteiger partial charge on any atom is 0.416 e. The van der Waals surface area contributed by atoms with Gasteiger partial charge in [-0.05, 0) is 30.5 Å². The van der Waals surface area contributed by atoms with Crippen LogP contribution in [0.4, 0.5) is 13.2 Å². The number of carbonyl (C=O) groups excluding carboxylic acids is 1. The van der Waals surface area contributed by atoms with Crippen LogP contribution < -0.4 is 5.32 Å². The third kappa shape index (κ3) is 8.23. The summed E-state index contributed by atoms with van der Waals surface area (Å²) < 4.78 is 37.2. The summed E-state index contributed by atoms with van der Waals surface area (Å²) in [6, 6.07) is 4.53. The molecule has 7 heteroatoms. The number of aliphatic carboxylic acids is 1. The highest BCUT2D eigenvalue weighted by molar-refractivity contribution is 5.78. The maximum absolute atomic E-state index is 12.4. The molecule has 0 aliphatic carbocycles. The number of amides is 1. The molecule has 1 aromatic rings. The molecule has 0 bridgehead atoms.